The minimum absolute atomic E-state index is 0.0632. The molecule has 2 aromatic heterocycles. The Bertz CT molecular complexity index is 1030. The fourth-order valence-electron chi connectivity index (χ4n) is 3.62. The summed E-state index contributed by atoms with van der Waals surface area (Å²) in [6.07, 6.45) is 7.24. The molecule has 6 heteroatoms. The third-order valence-corrected chi connectivity index (χ3v) is 5.17. The largest absolute Gasteiger partial charge is 0.309 e. The van der Waals surface area contributed by atoms with Gasteiger partial charge in [-0.3, -0.25) is 10.0 Å². The normalized spacial score (nSPS) is 12.4. The second-order valence-corrected chi connectivity index (χ2v) is 7.03. The molecule has 0 saturated heterocycles. The van der Waals surface area contributed by atoms with Crippen LogP contribution in [0.25, 0.3) is 11.7 Å². The first-order chi connectivity index (χ1) is 14.0. The maximum Gasteiger partial charge on any atom is 0.267 e. The zero-order chi connectivity index (χ0) is 20.8. The summed E-state index contributed by atoms with van der Waals surface area (Å²) in [6, 6.07) is 13.8. The standard InChI is InChI=1S/C23H26N4O2/c1-3-19(18-10-7-17(8-11-18)9-14-23(28)26-29)20(24)12-13-21-16(2)25-22-6-4-5-15-27(21)22/h4-11,14-15,19,24,29H,3,12-13H2,1-2H3,(H,26,28)/b14-9+,24-20?/t19-/m0/s1. The van der Waals surface area contributed by atoms with Gasteiger partial charge in [-0.1, -0.05) is 37.3 Å². The van der Waals surface area contributed by atoms with Crippen molar-refractivity contribution in [3.63, 3.8) is 0 Å². The summed E-state index contributed by atoms with van der Waals surface area (Å²) in [4.78, 5) is 15.7. The number of hydroxylamine groups is 1. The van der Waals surface area contributed by atoms with E-state index < -0.39 is 5.91 Å². The molecule has 0 aliphatic heterocycles. The first-order valence-electron chi connectivity index (χ1n) is 9.75. The molecule has 0 fully saturated rings. The molecule has 3 N–H and O–H groups in total. The summed E-state index contributed by atoms with van der Waals surface area (Å²) in [5.41, 5.74) is 7.34. The van der Waals surface area contributed by atoms with Crippen molar-refractivity contribution in [2.75, 3.05) is 0 Å². The topological polar surface area (TPSA) is 90.5 Å². The molecule has 6 nitrogen and oxygen atoms in total. The van der Waals surface area contributed by atoms with Gasteiger partial charge in [-0.15, -0.1) is 0 Å². The quantitative estimate of drug-likeness (QED) is 0.232. The van der Waals surface area contributed by atoms with Gasteiger partial charge in [-0.25, -0.2) is 10.5 Å². The maximum atomic E-state index is 11.1. The van der Waals surface area contributed by atoms with Gasteiger partial charge < -0.3 is 9.81 Å². The third kappa shape index (κ3) is 4.78. The molecule has 0 bridgehead atoms. The second-order valence-electron chi connectivity index (χ2n) is 7.03. The van der Waals surface area contributed by atoms with Crippen LogP contribution >= 0.6 is 0 Å². The van der Waals surface area contributed by atoms with Gasteiger partial charge in [0.25, 0.3) is 5.91 Å². The van der Waals surface area contributed by atoms with E-state index in [4.69, 9.17) is 10.6 Å². The Kier molecular flexibility index (Phi) is 6.57. The molecule has 0 radical (unpaired) electrons. The lowest BCUT2D eigenvalue weighted by Gasteiger charge is -2.17. The lowest BCUT2D eigenvalue weighted by atomic mass is 9.88. The van der Waals surface area contributed by atoms with Crippen LogP contribution in [0.1, 0.15) is 48.2 Å². The van der Waals surface area contributed by atoms with Crippen LogP contribution in [0.3, 0.4) is 0 Å². The van der Waals surface area contributed by atoms with E-state index in [2.05, 4.69) is 16.3 Å². The van der Waals surface area contributed by atoms with Crippen molar-refractivity contribution in [2.45, 2.75) is 39.0 Å². The zero-order valence-corrected chi connectivity index (χ0v) is 16.7. The summed E-state index contributed by atoms with van der Waals surface area (Å²) >= 11 is 0. The molecule has 29 heavy (non-hydrogen) atoms. The van der Waals surface area contributed by atoms with Crippen molar-refractivity contribution in [3.8, 4) is 0 Å². The summed E-state index contributed by atoms with van der Waals surface area (Å²) in [5, 5.41) is 17.2. The first-order valence-corrected chi connectivity index (χ1v) is 9.75. The van der Waals surface area contributed by atoms with E-state index in [9.17, 15) is 4.79 Å². The first kappa shape index (κ1) is 20.5. The molecule has 0 saturated carbocycles. The van der Waals surface area contributed by atoms with Crippen molar-refractivity contribution >= 4 is 23.3 Å². The molecular weight excluding hydrogens is 364 g/mol. The fourth-order valence-corrected chi connectivity index (χ4v) is 3.62. The van der Waals surface area contributed by atoms with E-state index in [1.165, 1.54) is 6.08 Å². The van der Waals surface area contributed by atoms with Crippen molar-refractivity contribution in [3.05, 3.63) is 77.3 Å². The summed E-state index contributed by atoms with van der Waals surface area (Å²) in [6.45, 7) is 4.12. The Morgan fingerprint density at radius 2 is 2.03 bits per heavy atom. The molecule has 2 heterocycles. The van der Waals surface area contributed by atoms with Crippen LogP contribution in [-0.4, -0.2) is 26.2 Å². The molecule has 0 spiro atoms. The number of aromatic nitrogens is 2. The third-order valence-electron chi connectivity index (χ3n) is 5.17. The lowest BCUT2D eigenvalue weighted by Crippen LogP contribution is -2.14. The number of nitrogens with one attached hydrogen (secondary N) is 2. The molecule has 1 atom stereocenters. The van der Waals surface area contributed by atoms with Crippen LogP contribution in [0, 0.1) is 12.3 Å². The smallest absolute Gasteiger partial charge is 0.267 e. The van der Waals surface area contributed by atoms with Crippen LogP contribution in [0.4, 0.5) is 0 Å². The van der Waals surface area contributed by atoms with E-state index in [0.29, 0.717) is 12.1 Å². The Morgan fingerprint density at radius 3 is 2.72 bits per heavy atom. The van der Waals surface area contributed by atoms with Crippen LogP contribution in [0.5, 0.6) is 0 Å². The van der Waals surface area contributed by atoms with Gasteiger partial charge >= 0.3 is 0 Å². The number of imidazole rings is 1. The molecule has 0 aliphatic rings. The SMILES string of the molecule is CC[C@H](C(=N)CCc1c(C)nc2ccccn12)c1ccc(/C=C/C(=O)NO)cc1. The number of carbonyl (C=O) groups is 1. The number of nitrogens with zero attached hydrogens (tertiary/aromatic N) is 2. The monoisotopic (exact) mass is 390 g/mol. The minimum Gasteiger partial charge on any atom is -0.309 e. The van der Waals surface area contributed by atoms with Gasteiger partial charge in [-0.05, 0) is 55.5 Å². The number of carbonyl (C=O) groups excluding carboxylic acids is 1. The number of amides is 1. The summed E-state index contributed by atoms with van der Waals surface area (Å²) in [7, 11) is 0. The Labute approximate surface area is 170 Å². The number of benzene rings is 1. The van der Waals surface area contributed by atoms with E-state index in [1.54, 1.807) is 11.6 Å². The molecule has 0 aliphatic carbocycles. The Balaban J connectivity index is 1.69. The van der Waals surface area contributed by atoms with Crippen molar-refractivity contribution < 1.29 is 10.0 Å². The average molecular weight is 390 g/mol. The van der Waals surface area contributed by atoms with Gasteiger partial charge in [0.1, 0.15) is 5.65 Å². The van der Waals surface area contributed by atoms with Crippen LogP contribution in [0.15, 0.2) is 54.7 Å². The summed E-state index contributed by atoms with van der Waals surface area (Å²) in [5.74, 6) is -0.502. The fraction of sp³-hybridized carbons (Fsp3) is 0.261. The molecule has 0 unspecified atom stereocenters. The van der Waals surface area contributed by atoms with Gasteiger partial charge in [-0.2, -0.15) is 0 Å². The minimum atomic E-state index is -0.565. The molecule has 150 valence electrons. The van der Waals surface area contributed by atoms with Crippen LogP contribution in [-0.2, 0) is 11.2 Å². The van der Waals surface area contributed by atoms with Crippen LogP contribution in [0.2, 0.25) is 0 Å². The highest BCUT2D eigenvalue weighted by molar-refractivity contribution is 5.91. The lowest BCUT2D eigenvalue weighted by molar-refractivity contribution is -0.124. The number of pyridine rings is 1. The highest BCUT2D eigenvalue weighted by Gasteiger charge is 2.17. The number of rotatable bonds is 8. The Hall–Kier alpha value is -3.25. The Morgan fingerprint density at radius 1 is 1.28 bits per heavy atom. The zero-order valence-electron chi connectivity index (χ0n) is 16.7. The molecular formula is C23H26N4O2. The van der Waals surface area contributed by atoms with Crippen molar-refractivity contribution in [1.82, 2.24) is 14.9 Å². The summed E-state index contributed by atoms with van der Waals surface area (Å²) < 4.78 is 2.10. The van der Waals surface area contributed by atoms with E-state index in [-0.39, 0.29) is 5.92 Å². The number of hydrogen-bond donors (Lipinski definition) is 3. The highest BCUT2D eigenvalue weighted by Crippen LogP contribution is 2.24. The molecule has 3 rings (SSSR count). The molecule has 1 amide bonds. The molecule has 1 aromatic carbocycles. The average Bonchev–Trinajstić information content (AvgIpc) is 3.06. The van der Waals surface area contributed by atoms with Crippen LogP contribution < -0.4 is 5.48 Å². The number of hydrogen-bond acceptors (Lipinski definition) is 4. The number of aryl methyl sites for hydroxylation is 2. The van der Waals surface area contributed by atoms with Gasteiger partial charge in [0, 0.05) is 29.6 Å². The highest BCUT2D eigenvalue weighted by atomic mass is 16.5. The number of fused-ring (bicyclic) bond motifs is 1. The predicted molar refractivity (Wildman–Crippen MR) is 114 cm³/mol. The molecule has 3 aromatic rings. The van der Waals surface area contributed by atoms with E-state index in [1.807, 2.05) is 55.6 Å². The predicted octanol–water partition coefficient (Wildman–Crippen LogP) is 4.31. The maximum absolute atomic E-state index is 11.1. The second kappa shape index (κ2) is 9.30. The van der Waals surface area contributed by atoms with E-state index >= 15 is 0 Å². The van der Waals surface area contributed by atoms with Crippen molar-refractivity contribution in [2.24, 2.45) is 0 Å². The van der Waals surface area contributed by atoms with Gasteiger partial charge in [0.05, 0.1) is 5.69 Å². The van der Waals surface area contributed by atoms with Crippen molar-refractivity contribution in [1.29, 1.82) is 5.41 Å². The van der Waals surface area contributed by atoms with Gasteiger partial charge in [0.15, 0.2) is 0 Å². The van der Waals surface area contributed by atoms with E-state index in [0.717, 1.165) is 41.0 Å². The van der Waals surface area contributed by atoms with Gasteiger partial charge in [0.2, 0.25) is 0 Å².